The molecule has 0 bridgehead atoms. The van der Waals surface area contributed by atoms with Crippen LogP contribution in [0.15, 0.2) is 28.8 Å². The van der Waals surface area contributed by atoms with Gasteiger partial charge in [-0.25, -0.2) is 0 Å². The molecule has 2 rings (SSSR count). The third-order valence-corrected chi connectivity index (χ3v) is 2.72. The summed E-state index contributed by atoms with van der Waals surface area (Å²) in [7, 11) is 1.85. The second-order valence-electron chi connectivity index (χ2n) is 4.08. The van der Waals surface area contributed by atoms with Crippen molar-refractivity contribution in [2.75, 3.05) is 12.4 Å². The standard InChI is InChI=1S/C12H17N5O/c1-8(10-6-4-5-7-14-10)15-12-17-16-11(18-12)9(2)13-3/h4-9,13H,1-3H3,(H,15,17). The lowest BCUT2D eigenvalue weighted by atomic mass is 10.2. The Morgan fingerprint density at radius 1 is 1.17 bits per heavy atom. The van der Waals surface area contributed by atoms with Crippen LogP contribution in [0.1, 0.15) is 37.5 Å². The van der Waals surface area contributed by atoms with E-state index in [9.17, 15) is 0 Å². The van der Waals surface area contributed by atoms with E-state index in [1.165, 1.54) is 0 Å². The van der Waals surface area contributed by atoms with Crippen molar-refractivity contribution in [3.63, 3.8) is 0 Å². The Kier molecular flexibility index (Phi) is 3.88. The molecule has 6 nitrogen and oxygen atoms in total. The molecule has 2 N–H and O–H groups in total. The first-order chi connectivity index (χ1) is 8.70. The Morgan fingerprint density at radius 2 is 2.00 bits per heavy atom. The van der Waals surface area contributed by atoms with Gasteiger partial charge in [0.15, 0.2) is 0 Å². The molecule has 2 aromatic rings. The largest absolute Gasteiger partial charge is 0.406 e. The highest BCUT2D eigenvalue weighted by molar-refractivity contribution is 5.24. The van der Waals surface area contributed by atoms with E-state index < -0.39 is 0 Å². The molecule has 0 radical (unpaired) electrons. The van der Waals surface area contributed by atoms with Crippen LogP contribution in [-0.4, -0.2) is 22.2 Å². The van der Waals surface area contributed by atoms with Crippen molar-refractivity contribution >= 4 is 6.01 Å². The Bertz CT molecular complexity index is 484. The maximum absolute atomic E-state index is 5.50. The summed E-state index contributed by atoms with van der Waals surface area (Å²) in [6.45, 7) is 3.95. The lowest BCUT2D eigenvalue weighted by Crippen LogP contribution is -2.12. The highest BCUT2D eigenvalue weighted by Gasteiger charge is 2.14. The third-order valence-electron chi connectivity index (χ3n) is 2.72. The van der Waals surface area contributed by atoms with Gasteiger partial charge in [0.2, 0.25) is 5.89 Å². The van der Waals surface area contributed by atoms with E-state index in [-0.39, 0.29) is 12.1 Å². The molecule has 18 heavy (non-hydrogen) atoms. The van der Waals surface area contributed by atoms with Gasteiger partial charge in [-0.2, -0.15) is 0 Å². The number of aromatic nitrogens is 3. The molecule has 0 saturated heterocycles. The van der Waals surface area contributed by atoms with Crippen LogP contribution in [0, 0.1) is 0 Å². The molecule has 6 heteroatoms. The lowest BCUT2D eigenvalue weighted by Gasteiger charge is -2.10. The van der Waals surface area contributed by atoms with Gasteiger partial charge in [-0.1, -0.05) is 11.2 Å². The molecule has 0 amide bonds. The summed E-state index contributed by atoms with van der Waals surface area (Å²) in [5.74, 6) is 0.563. The Morgan fingerprint density at radius 3 is 2.67 bits per heavy atom. The number of anilines is 1. The summed E-state index contributed by atoms with van der Waals surface area (Å²) in [5, 5.41) is 14.1. The number of hydrogen-bond donors (Lipinski definition) is 2. The van der Waals surface area contributed by atoms with Gasteiger partial charge in [0.25, 0.3) is 0 Å². The number of hydrogen-bond acceptors (Lipinski definition) is 6. The molecular weight excluding hydrogens is 230 g/mol. The molecule has 2 unspecified atom stereocenters. The maximum atomic E-state index is 5.50. The van der Waals surface area contributed by atoms with Crippen molar-refractivity contribution in [2.24, 2.45) is 0 Å². The predicted molar refractivity (Wildman–Crippen MR) is 68.0 cm³/mol. The molecule has 2 heterocycles. The van der Waals surface area contributed by atoms with Crippen molar-refractivity contribution in [3.05, 3.63) is 36.0 Å². The summed E-state index contributed by atoms with van der Waals surface area (Å²) in [5.41, 5.74) is 0.930. The molecule has 2 atom stereocenters. The van der Waals surface area contributed by atoms with Crippen LogP contribution < -0.4 is 10.6 Å². The van der Waals surface area contributed by atoms with Crippen molar-refractivity contribution in [3.8, 4) is 0 Å². The van der Waals surface area contributed by atoms with E-state index >= 15 is 0 Å². The van der Waals surface area contributed by atoms with Crippen LogP contribution in [0.4, 0.5) is 6.01 Å². The first-order valence-electron chi connectivity index (χ1n) is 5.89. The van der Waals surface area contributed by atoms with Gasteiger partial charge >= 0.3 is 6.01 Å². The van der Waals surface area contributed by atoms with Crippen molar-refractivity contribution in [1.29, 1.82) is 0 Å². The molecule has 96 valence electrons. The van der Waals surface area contributed by atoms with Crippen LogP contribution in [0.5, 0.6) is 0 Å². The number of nitrogens with one attached hydrogen (secondary N) is 2. The van der Waals surface area contributed by atoms with Gasteiger partial charge in [0.1, 0.15) is 0 Å². The zero-order chi connectivity index (χ0) is 13.0. The number of nitrogens with zero attached hydrogens (tertiary/aromatic N) is 3. The topological polar surface area (TPSA) is 75.9 Å². The molecule has 0 fully saturated rings. The molecule has 0 aliphatic heterocycles. The van der Waals surface area contributed by atoms with Crippen LogP contribution in [0.2, 0.25) is 0 Å². The number of rotatable bonds is 5. The zero-order valence-electron chi connectivity index (χ0n) is 10.7. The minimum absolute atomic E-state index is 0.0180. The highest BCUT2D eigenvalue weighted by Crippen LogP contribution is 2.18. The first-order valence-corrected chi connectivity index (χ1v) is 5.89. The van der Waals surface area contributed by atoms with Crippen LogP contribution in [-0.2, 0) is 0 Å². The molecule has 0 aliphatic carbocycles. The monoisotopic (exact) mass is 247 g/mol. The first kappa shape index (κ1) is 12.5. The minimum Gasteiger partial charge on any atom is -0.406 e. The Labute approximate surface area is 106 Å². The summed E-state index contributed by atoms with van der Waals surface area (Å²) < 4.78 is 5.50. The molecule has 0 saturated carbocycles. The van der Waals surface area contributed by atoms with Gasteiger partial charge < -0.3 is 15.1 Å². The fourth-order valence-electron chi connectivity index (χ4n) is 1.48. The Hall–Kier alpha value is -1.95. The van der Waals surface area contributed by atoms with Crippen LogP contribution in [0.3, 0.4) is 0 Å². The van der Waals surface area contributed by atoms with Gasteiger partial charge in [-0.05, 0) is 33.0 Å². The third kappa shape index (κ3) is 2.84. The molecule has 0 spiro atoms. The SMILES string of the molecule is CNC(C)c1nnc(NC(C)c2ccccn2)o1. The zero-order valence-corrected chi connectivity index (χ0v) is 10.7. The maximum Gasteiger partial charge on any atom is 0.316 e. The fraction of sp³-hybridized carbons (Fsp3) is 0.417. The average molecular weight is 247 g/mol. The summed E-state index contributed by atoms with van der Waals surface area (Å²) in [6, 6.07) is 6.25. The van der Waals surface area contributed by atoms with Crippen LogP contribution >= 0.6 is 0 Å². The lowest BCUT2D eigenvalue weighted by molar-refractivity contribution is 0.439. The number of pyridine rings is 1. The second kappa shape index (κ2) is 5.59. The summed E-state index contributed by atoms with van der Waals surface area (Å²) in [4.78, 5) is 4.27. The van der Waals surface area contributed by atoms with Crippen molar-refractivity contribution in [1.82, 2.24) is 20.5 Å². The van der Waals surface area contributed by atoms with Crippen LogP contribution in [0.25, 0.3) is 0 Å². The van der Waals surface area contributed by atoms with E-state index in [1.807, 2.05) is 39.1 Å². The average Bonchev–Trinajstić information content (AvgIpc) is 2.87. The summed E-state index contributed by atoms with van der Waals surface area (Å²) in [6.07, 6.45) is 1.76. The smallest absolute Gasteiger partial charge is 0.316 e. The quantitative estimate of drug-likeness (QED) is 0.840. The summed E-state index contributed by atoms with van der Waals surface area (Å²) >= 11 is 0. The van der Waals surface area contributed by atoms with Gasteiger partial charge in [0.05, 0.1) is 17.8 Å². The van der Waals surface area contributed by atoms with E-state index in [2.05, 4.69) is 25.8 Å². The minimum atomic E-state index is 0.0180. The van der Waals surface area contributed by atoms with E-state index in [0.717, 1.165) is 5.69 Å². The predicted octanol–water partition coefficient (Wildman–Crippen LogP) is 1.92. The highest BCUT2D eigenvalue weighted by atomic mass is 16.4. The molecule has 2 aromatic heterocycles. The van der Waals surface area contributed by atoms with Gasteiger partial charge in [-0.3, -0.25) is 4.98 Å². The van der Waals surface area contributed by atoms with E-state index in [0.29, 0.717) is 11.9 Å². The fourth-order valence-corrected chi connectivity index (χ4v) is 1.48. The molecule has 0 aliphatic rings. The van der Waals surface area contributed by atoms with Gasteiger partial charge in [0, 0.05) is 6.20 Å². The second-order valence-corrected chi connectivity index (χ2v) is 4.08. The van der Waals surface area contributed by atoms with E-state index in [1.54, 1.807) is 6.20 Å². The van der Waals surface area contributed by atoms with Crippen molar-refractivity contribution < 1.29 is 4.42 Å². The Balaban J connectivity index is 2.03. The van der Waals surface area contributed by atoms with Crippen molar-refractivity contribution in [2.45, 2.75) is 25.9 Å². The van der Waals surface area contributed by atoms with Gasteiger partial charge in [-0.15, -0.1) is 5.10 Å². The molecule has 0 aromatic carbocycles. The van der Waals surface area contributed by atoms with E-state index in [4.69, 9.17) is 4.42 Å². The normalized spacial score (nSPS) is 14.2. The molecular formula is C12H17N5O.